The van der Waals surface area contributed by atoms with E-state index in [1.54, 1.807) is 24.5 Å². The molecule has 2 amide bonds. The second-order valence-electron chi connectivity index (χ2n) is 8.44. The SMILES string of the molecule is O=C(Cc1ccccn1)Nc1nnc([C@H]2CCC[C@H](c3nnc(NC(=O)Cc4cccnn4)s3)C2)s1. The van der Waals surface area contributed by atoms with Gasteiger partial charge in [-0.05, 0) is 43.5 Å². The van der Waals surface area contributed by atoms with E-state index in [1.165, 1.54) is 22.7 Å². The molecule has 4 heterocycles. The highest BCUT2D eigenvalue weighted by molar-refractivity contribution is 7.15. The van der Waals surface area contributed by atoms with Gasteiger partial charge in [-0.15, -0.1) is 20.4 Å². The summed E-state index contributed by atoms with van der Waals surface area (Å²) in [5.74, 6) is 0.103. The molecule has 4 aromatic heterocycles. The molecule has 0 bridgehead atoms. The molecule has 1 aliphatic rings. The van der Waals surface area contributed by atoms with Crippen molar-refractivity contribution in [1.82, 2.24) is 35.6 Å². The second kappa shape index (κ2) is 11.4. The molecule has 36 heavy (non-hydrogen) atoms. The zero-order valence-corrected chi connectivity index (χ0v) is 20.8. The first kappa shape index (κ1) is 24.0. The van der Waals surface area contributed by atoms with E-state index >= 15 is 0 Å². The van der Waals surface area contributed by atoms with Crippen molar-refractivity contribution < 1.29 is 9.59 Å². The summed E-state index contributed by atoms with van der Waals surface area (Å²) in [7, 11) is 0. The van der Waals surface area contributed by atoms with Crippen LogP contribution in [0.5, 0.6) is 0 Å². The fraction of sp³-hybridized carbons (Fsp3) is 0.348. The van der Waals surface area contributed by atoms with Crippen molar-refractivity contribution in [3.8, 4) is 0 Å². The molecule has 184 valence electrons. The number of aromatic nitrogens is 7. The molecule has 0 saturated heterocycles. The maximum absolute atomic E-state index is 12.3. The monoisotopic (exact) mass is 521 g/mol. The Kier molecular flexibility index (Phi) is 7.57. The van der Waals surface area contributed by atoms with Crippen LogP contribution in [0.4, 0.5) is 10.3 Å². The van der Waals surface area contributed by atoms with Gasteiger partial charge in [-0.2, -0.15) is 10.2 Å². The number of pyridine rings is 1. The number of nitrogens with zero attached hydrogens (tertiary/aromatic N) is 7. The highest BCUT2D eigenvalue weighted by atomic mass is 32.1. The molecular weight excluding hydrogens is 498 g/mol. The van der Waals surface area contributed by atoms with Crippen molar-refractivity contribution in [2.45, 2.75) is 50.4 Å². The molecule has 5 rings (SSSR count). The van der Waals surface area contributed by atoms with Crippen molar-refractivity contribution in [3.63, 3.8) is 0 Å². The Labute approximate surface area is 214 Å². The molecule has 13 heteroatoms. The summed E-state index contributed by atoms with van der Waals surface area (Å²) in [6.07, 6.45) is 7.47. The zero-order valence-electron chi connectivity index (χ0n) is 19.2. The Hall–Kier alpha value is -3.71. The summed E-state index contributed by atoms with van der Waals surface area (Å²) >= 11 is 2.82. The van der Waals surface area contributed by atoms with E-state index in [9.17, 15) is 9.59 Å². The molecule has 0 aromatic carbocycles. The molecule has 4 aromatic rings. The summed E-state index contributed by atoms with van der Waals surface area (Å²) in [6, 6.07) is 8.99. The summed E-state index contributed by atoms with van der Waals surface area (Å²) in [6.45, 7) is 0. The molecule has 0 spiro atoms. The number of carbonyl (C=O) groups excluding carboxylic acids is 2. The maximum atomic E-state index is 12.3. The van der Waals surface area contributed by atoms with Crippen LogP contribution in [0, 0.1) is 0 Å². The molecule has 0 unspecified atom stereocenters. The van der Waals surface area contributed by atoms with Gasteiger partial charge < -0.3 is 10.6 Å². The van der Waals surface area contributed by atoms with Crippen molar-refractivity contribution in [3.05, 3.63) is 64.1 Å². The molecular formula is C23H23N9O2S2. The number of amides is 2. The highest BCUT2D eigenvalue weighted by Crippen LogP contribution is 2.43. The van der Waals surface area contributed by atoms with Crippen LogP contribution in [-0.4, -0.2) is 47.4 Å². The van der Waals surface area contributed by atoms with Crippen LogP contribution in [0.2, 0.25) is 0 Å². The fourth-order valence-corrected chi connectivity index (χ4v) is 5.94. The first-order chi connectivity index (χ1) is 17.6. The topological polar surface area (TPSA) is 148 Å². The van der Waals surface area contributed by atoms with Crippen LogP contribution in [0.15, 0.2) is 42.7 Å². The third-order valence-electron chi connectivity index (χ3n) is 5.78. The van der Waals surface area contributed by atoms with Crippen LogP contribution >= 0.6 is 22.7 Å². The zero-order chi connectivity index (χ0) is 24.7. The van der Waals surface area contributed by atoms with Gasteiger partial charge in [0.15, 0.2) is 0 Å². The van der Waals surface area contributed by atoms with Gasteiger partial charge in [0.05, 0.1) is 18.5 Å². The van der Waals surface area contributed by atoms with E-state index in [-0.39, 0.29) is 36.5 Å². The number of hydrogen-bond donors (Lipinski definition) is 2. The van der Waals surface area contributed by atoms with E-state index in [1.807, 2.05) is 18.2 Å². The van der Waals surface area contributed by atoms with Crippen molar-refractivity contribution in [2.75, 3.05) is 10.6 Å². The van der Waals surface area contributed by atoms with Gasteiger partial charge in [0.2, 0.25) is 22.1 Å². The van der Waals surface area contributed by atoms with Gasteiger partial charge in [-0.1, -0.05) is 35.2 Å². The molecule has 1 saturated carbocycles. The minimum absolute atomic E-state index is 0.131. The van der Waals surface area contributed by atoms with Gasteiger partial charge in [0, 0.05) is 29.9 Å². The first-order valence-electron chi connectivity index (χ1n) is 11.6. The quantitative estimate of drug-likeness (QED) is 0.356. The molecule has 2 atom stereocenters. The minimum Gasteiger partial charge on any atom is -0.300 e. The van der Waals surface area contributed by atoms with Gasteiger partial charge in [0.1, 0.15) is 10.0 Å². The number of rotatable bonds is 8. The lowest BCUT2D eigenvalue weighted by molar-refractivity contribution is -0.116. The fourth-order valence-electron chi connectivity index (χ4n) is 4.12. The maximum Gasteiger partial charge on any atom is 0.232 e. The molecule has 1 fully saturated rings. The smallest absolute Gasteiger partial charge is 0.232 e. The predicted octanol–water partition coefficient (Wildman–Crippen LogP) is 3.38. The third-order valence-corrected chi connectivity index (χ3v) is 7.79. The average molecular weight is 522 g/mol. The number of nitrogens with one attached hydrogen (secondary N) is 2. The van der Waals surface area contributed by atoms with E-state index in [0.29, 0.717) is 21.7 Å². The second-order valence-corrected chi connectivity index (χ2v) is 10.5. The molecule has 0 radical (unpaired) electrons. The summed E-state index contributed by atoms with van der Waals surface area (Å²) in [5.41, 5.74) is 1.30. The van der Waals surface area contributed by atoms with Gasteiger partial charge in [-0.3, -0.25) is 14.6 Å². The highest BCUT2D eigenvalue weighted by Gasteiger charge is 2.29. The average Bonchev–Trinajstić information content (AvgIpc) is 3.55. The molecule has 11 nitrogen and oxygen atoms in total. The first-order valence-corrected chi connectivity index (χ1v) is 13.2. The van der Waals surface area contributed by atoms with E-state index in [2.05, 4.69) is 46.2 Å². The third kappa shape index (κ3) is 6.29. The lowest BCUT2D eigenvalue weighted by atomic mass is 9.82. The standard InChI is InChI=1S/C23H23N9O2S2/c33-18(12-16-7-1-2-9-24-16)26-22-31-29-20(35-22)14-5-3-6-15(11-14)21-30-32-23(36-21)27-19(34)13-17-8-4-10-25-28-17/h1-2,4,7-10,14-15H,3,5-6,11-13H2,(H,26,31,33)(H,27,32,34)/t14-,15-/m0/s1. The van der Waals surface area contributed by atoms with Crippen molar-refractivity contribution >= 4 is 44.8 Å². The Bertz CT molecular complexity index is 1210. The van der Waals surface area contributed by atoms with Crippen LogP contribution < -0.4 is 10.6 Å². The molecule has 2 N–H and O–H groups in total. The molecule has 0 aliphatic heterocycles. The molecule has 1 aliphatic carbocycles. The van der Waals surface area contributed by atoms with Gasteiger partial charge >= 0.3 is 0 Å². The van der Waals surface area contributed by atoms with E-state index < -0.39 is 0 Å². The largest absolute Gasteiger partial charge is 0.300 e. The van der Waals surface area contributed by atoms with Gasteiger partial charge in [-0.25, -0.2) is 0 Å². The van der Waals surface area contributed by atoms with Crippen LogP contribution in [-0.2, 0) is 22.4 Å². The Balaban J connectivity index is 1.15. The van der Waals surface area contributed by atoms with Crippen LogP contribution in [0.1, 0.15) is 58.9 Å². The Morgan fingerprint density at radius 2 is 1.42 bits per heavy atom. The van der Waals surface area contributed by atoms with Crippen molar-refractivity contribution in [1.29, 1.82) is 0 Å². The van der Waals surface area contributed by atoms with Crippen LogP contribution in [0.25, 0.3) is 0 Å². The van der Waals surface area contributed by atoms with Gasteiger partial charge in [0.25, 0.3) is 0 Å². The van der Waals surface area contributed by atoms with E-state index in [0.717, 1.165) is 35.7 Å². The Morgan fingerprint density at radius 3 is 2.00 bits per heavy atom. The number of anilines is 2. The lowest BCUT2D eigenvalue weighted by Crippen LogP contribution is -2.15. The van der Waals surface area contributed by atoms with Crippen molar-refractivity contribution in [2.24, 2.45) is 0 Å². The minimum atomic E-state index is -0.203. The number of hydrogen-bond acceptors (Lipinski definition) is 11. The van der Waals surface area contributed by atoms with E-state index in [4.69, 9.17) is 0 Å². The predicted molar refractivity (Wildman–Crippen MR) is 135 cm³/mol. The Morgan fingerprint density at radius 1 is 0.778 bits per heavy atom. The lowest BCUT2D eigenvalue weighted by Gasteiger charge is -2.25. The van der Waals surface area contributed by atoms with Crippen LogP contribution in [0.3, 0.4) is 0 Å². The number of carbonyl (C=O) groups is 2. The summed E-state index contributed by atoms with van der Waals surface area (Å²) in [4.78, 5) is 28.8. The summed E-state index contributed by atoms with van der Waals surface area (Å²) in [5, 5.41) is 33.2. The normalized spacial score (nSPS) is 17.4. The summed E-state index contributed by atoms with van der Waals surface area (Å²) < 4.78 is 0.